The summed E-state index contributed by atoms with van der Waals surface area (Å²) in [5.74, 6) is 1.30. The molecule has 144 valence electrons. The molecule has 26 heavy (non-hydrogen) atoms. The number of aromatic nitrogens is 3. The molecule has 2 aromatic heterocycles. The molecule has 0 aromatic carbocycles. The fraction of sp³-hybridized carbons (Fsp3) is 0.650. The molecule has 0 saturated carbocycles. The molecular weight excluding hydrogens is 344 g/mol. The van der Waals surface area contributed by atoms with Gasteiger partial charge in [0, 0.05) is 32.6 Å². The standard InChI is InChI=1S/C20H33N4OS/c1-5-7-9-19-24(14-17-13-22-16(4)23-20(17)21)15(3)18(26-19)10-12-25-11-8-6-2/h13H,5-12,14H2,1-4H3,(H2,21,22,23)/q+1. The van der Waals surface area contributed by atoms with Crippen LogP contribution in [0.2, 0.25) is 0 Å². The molecule has 2 rings (SSSR count). The minimum Gasteiger partial charge on any atom is -0.383 e. The van der Waals surface area contributed by atoms with E-state index >= 15 is 0 Å². The first kappa shape index (κ1) is 20.8. The van der Waals surface area contributed by atoms with Crippen molar-refractivity contribution in [1.29, 1.82) is 0 Å². The maximum atomic E-state index is 6.12. The quantitative estimate of drug-likeness (QED) is 0.478. The van der Waals surface area contributed by atoms with Gasteiger partial charge in [-0.2, -0.15) is 4.57 Å². The number of anilines is 1. The normalized spacial score (nSPS) is 11.2. The summed E-state index contributed by atoms with van der Waals surface area (Å²) in [6, 6.07) is 0. The third kappa shape index (κ3) is 5.74. The first-order valence-corrected chi connectivity index (χ1v) is 10.5. The summed E-state index contributed by atoms with van der Waals surface area (Å²) in [6.45, 7) is 10.9. The van der Waals surface area contributed by atoms with E-state index in [9.17, 15) is 0 Å². The molecule has 0 spiro atoms. The van der Waals surface area contributed by atoms with Crippen molar-refractivity contribution in [3.05, 3.63) is 33.2 Å². The number of thiazole rings is 1. The molecular formula is C20H33N4OS+. The molecule has 6 heteroatoms. The SMILES string of the molecule is CCCCOCCc1sc(CCCC)[n+](Cc2cnc(C)nc2N)c1C. The Hall–Kier alpha value is -1.53. The molecule has 0 amide bonds. The van der Waals surface area contributed by atoms with Gasteiger partial charge >= 0.3 is 0 Å². The van der Waals surface area contributed by atoms with Gasteiger partial charge in [0.05, 0.1) is 17.0 Å². The lowest BCUT2D eigenvalue weighted by Crippen LogP contribution is -2.40. The van der Waals surface area contributed by atoms with Gasteiger partial charge in [0.2, 0.25) is 5.01 Å². The Morgan fingerprint density at radius 1 is 1.12 bits per heavy atom. The van der Waals surface area contributed by atoms with Crippen LogP contribution in [0.25, 0.3) is 0 Å². The number of nitrogens with zero attached hydrogens (tertiary/aromatic N) is 3. The molecule has 0 atom stereocenters. The first-order valence-electron chi connectivity index (χ1n) is 9.73. The lowest BCUT2D eigenvalue weighted by Gasteiger charge is -2.04. The molecule has 0 fully saturated rings. The lowest BCUT2D eigenvalue weighted by molar-refractivity contribution is -0.696. The largest absolute Gasteiger partial charge is 0.383 e. The van der Waals surface area contributed by atoms with Gasteiger partial charge in [0.15, 0.2) is 12.2 Å². The van der Waals surface area contributed by atoms with Crippen molar-refractivity contribution in [2.45, 2.75) is 72.8 Å². The van der Waals surface area contributed by atoms with E-state index in [1.54, 1.807) is 0 Å². The summed E-state index contributed by atoms with van der Waals surface area (Å²) in [7, 11) is 0. The Morgan fingerprint density at radius 3 is 2.58 bits per heavy atom. The van der Waals surface area contributed by atoms with Gasteiger partial charge in [0.25, 0.3) is 0 Å². The Labute approximate surface area is 161 Å². The topological polar surface area (TPSA) is 64.9 Å². The van der Waals surface area contributed by atoms with Gasteiger partial charge < -0.3 is 10.5 Å². The molecule has 0 saturated heterocycles. The molecule has 0 aliphatic rings. The molecule has 2 N–H and O–H groups in total. The summed E-state index contributed by atoms with van der Waals surface area (Å²) in [5.41, 5.74) is 8.43. The van der Waals surface area contributed by atoms with E-state index in [2.05, 4.69) is 35.3 Å². The number of ether oxygens (including phenoxy) is 1. The Balaban J connectivity index is 2.16. The fourth-order valence-electron chi connectivity index (χ4n) is 2.88. The maximum absolute atomic E-state index is 6.12. The highest BCUT2D eigenvalue weighted by molar-refractivity contribution is 7.11. The van der Waals surface area contributed by atoms with Crippen molar-refractivity contribution < 1.29 is 9.30 Å². The van der Waals surface area contributed by atoms with Crippen LogP contribution in [-0.4, -0.2) is 23.2 Å². The van der Waals surface area contributed by atoms with Gasteiger partial charge in [0.1, 0.15) is 11.6 Å². The van der Waals surface area contributed by atoms with Crippen molar-refractivity contribution in [2.75, 3.05) is 18.9 Å². The van der Waals surface area contributed by atoms with Crippen LogP contribution < -0.4 is 10.3 Å². The zero-order valence-corrected chi connectivity index (χ0v) is 17.5. The number of unbranched alkanes of at least 4 members (excludes halogenated alkanes) is 2. The van der Waals surface area contributed by atoms with Gasteiger partial charge in [-0.25, -0.2) is 9.97 Å². The molecule has 0 bridgehead atoms. The van der Waals surface area contributed by atoms with E-state index in [0.717, 1.165) is 50.4 Å². The summed E-state index contributed by atoms with van der Waals surface area (Å²) in [6.07, 6.45) is 8.65. The first-order chi connectivity index (χ1) is 12.6. The number of rotatable bonds is 11. The number of hydrogen-bond donors (Lipinski definition) is 1. The predicted octanol–water partition coefficient (Wildman–Crippen LogP) is 3.77. The highest BCUT2D eigenvalue weighted by atomic mass is 32.1. The number of hydrogen-bond acceptors (Lipinski definition) is 5. The third-order valence-corrected chi connectivity index (χ3v) is 5.96. The van der Waals surface area contributed by atoms with Gasteiger partial charge in [-0.15, -0.1) is 0 Å². The van der Waals surface area contributed by atoms with Crippen LogP contribution in [0.3, 0.4) is 0 Å². The summed E-state index contributed by atoms with van der Waals surface area (Å²) in [5, 5.41) is 1.41. The highest BCUT2D eigenvalue weighted by Crippen LogP contribution is 2.20. The number of aryl methyl sites for hydroxylation is 2. The molecule has 5 nitrogen and oxygen atoms in total. The lowest BCUT2D eigenvalue weighted by atomic mass is 10.2. The molecule has 0 aliphatic heterocycles. The Morgan fingerprint density at radius 2 is 1.88 bits per heavy atom. The summed E-state index contributed by atoms with van der Waals surface area (Å²) in [4.78, 5) is 10.1. The van der Waals surface area contributed by atoms with Crippen molar-refractivity contribution in [1.82, 2.24) is 9.97 Å². The van der Waals surface area contributed by atoms with Crippen molar-refractivity contribution in [3.63, 3.8) is 0 Å². The maximum Gasteiger partial charge on any atom is 0.237 e. The zero-order valence-electron chi connectivity index (χ0n) is 16.7. The van der Waals surface area contributed by atoms with Crippen LogP contribution in [0.1, 0.15) is 66.5 Å². The fourth-order valence-corrected chi connectivity index (χ4v) is 4.17. The zero-order chi connectivity index (χ0) is 18.9. The van der Waals surface area contributed by atoms with Crippen LogP contribution in [-0.2, 0) is 24.1 Å². The molecule has 0 radical (unpaired) electrons. The number of nitrogens with two attached hydrogens (primary N) is 1. The summed E-state index contributed by atoms with van der Waals surface area (Å²) < 4.78 is 8.17. The number of nitrogen functional groups attached to an aromatic ring is 1. The Bertz CT molecular complexity index is 699. The summed E-state index contributed by atoms with van der Waals surface area (Å²) >= 11 is 1.92. The highest BCUT2D eigenvalue weighted by Gasteiger charge is 2.24. The van der Waals surface area contributed by atoms with E-state index in [1.165, 1.54) is 34.8 Å². The average Bonchev–Trinajstić information content (AvgIpc) is 2.91. The van der Waals surface area contributed by atoms with Crippen LogP contribution in [0.5, 0.6) is 0 Å². The molecule has 2 heterocycles. The van der Waals surface area contributed by atoms with Crippen molar-refractivity contribution in [3.8, 4) is 0 Å². The van der Waals surface area contributed by atoms with Crippen molar-refractivity contribution in [2.24, 2.45) is 0 Å². The molecule has 0 aliphatic carbocycles. The Kier molecular flexibility index (Phi) is 8.45. The van der Waals surface area contributed by atoms with Crippen LogP contribution >= 0.6 is 11.3 Å². The van der Waals surface area contributed by atoms with E-state index in [-0.39, 0.29) is 0 Å². The second-order valence-corrected chi connectivity index (χ2v) is 7.91. The van der Waals surface area contributed by atoms with Crippen LogP contribution in [0.4, 0.5) is 5.82 Å². The third-order valence-electron chi connectivity index (χ3n) is 4.56. The predicted molar refractivity (Wildman–Crippen MR) is 108 cm³/mol. The van der Waals surface area contributed by atoms with Gasteiger partial charge in [-0.3, -0.25) is 0 Å². The minimum absolute atomic E-state index is 0.585. The van der Waals surface area contributed by atoms with E-state index in [1.807, 2.05) is 24.5 Å². The van der Waals surface area contributed by atoms with E-state index < -0.39 is 0 Å². The smallest absolute Gasteiger partial charge is 0.237 e. The van der Waals surface area contributed by atoms with E-state index in [0.29, 0.717) is 5.82 Å². The van der Waals surface area contributed by atoms with Gasteiger partial charge in [-0.1, -0.05) is 38.0 Å². The monoisotopic (exact) mass is 377 g/mol. The average molecular weight is 378 g/mol. The van der Waals surface area contributed by atoms with Crippen LogP contribution in [0.15, 0.2) is 6.20 Å². The van der Waals surface area contributed by atoms with Crippen LogP contribution in [0, 0.1) is 13.8 Å². The van der Waals surface area contributed by atoms with Gasteiger partial charge in [-0.05, 0) is 19.8 Å². The second-order valence-electron chi connectivity index (χ2n) is 6.74. The molecule has 0 unspecified atom stereocenters. The van der Waals surface area contributed by atoms with Crippen molar-refractivity contribution >= 4 is 17.2 Å². The van der Waals surface area contributed by atoms with E-state index in [4.69, 9.17) is 10.5 Å². The molecule has 2 aromatic rings. The second kappa shape index (κ2) is 10.6. The minimum atomic E-state index is 0.585.